The molecule has 140 valence electrons. The van der Waals surface area contributed by atoms with Crippen LogP contribution in [0.2, 0.25) is 0 Å². The van der Waals surface area contributed by atoms with Crippen LogP contribution in [-0.4, -0.2) is 28.9 Å². The van der Waals surface area contributed by atoms with E-state index in [1.54, 1.807) is 42.5 Å². The highest BCUT2D eigenvalue weighted by molar-refractivity contribution is 6.05. The van der Waals surface area contributed by atoms with E-state index in [2.05, 4.69) is 10.6 Å². The summed E-state index contributed by atoms with van der Waals surface area (Å²) in [5, 5.41) is 14.8. The number of nitrogens with one attached hydrogen (secondary N) is 2. The van der Waals surface area contributed by atoms with Gasteiger partial charge in [-0.1, -0.05) is 24.3 Å². The largest absolute Gasteiger partial charge is 0.481 e. The molecule has 0 saturated heterocycles. The second-order valence-corrected chi connectivity index (χ2v) is 6.87. The smallest absolute Gasteiger partial charge is 0.306 e. The first-order valence-electron chi connectivity index (χ1n) is 8.95. The number of anilines is 1. The van der Waals surface area contributed by atoms with Crippen molar-refractivity contribution in [3.63, 3.8) is 0 Å². The molecule has 2 aromatic rings. The molecule has 3 rings (SSSR count). The summed E-state index contributed by atoms with van der Waals surface area (Å²) in [6, 6.07) is 13.9. The molecule has 2 aromatic carbocycles. The van der Waals surface area contributed by atoms with E-state index in [1.807, 2.05) is 13.0 Å². The van der Waals surface area contributed by atoms with Crippen molar-refractivity contribution in [2.75, 3.05) is 5.32 Å². The van der Waals surface area contributed by atoms with E-state index in [0.717, 1.165) is 5.56 Å². The summed E-state index contributed by atoms with van der Waals surface area (Å²) < 4.78 is 0. The summed E-state index contributed by atoms with van der Waals surface area (Å²) in [6.07, 6.45) is 1.68. The predicted molar refractivity (Wildman–Crippen MR) is 102 cm³/mol. The maximum absolute atomic E-state index is 12.5. The van der Waals surface area contributed by atoms with Crippen molar-refractivity contribution in [1.82, 2.24) is 5.32 Å². The molecule has 2 atom stereocenters. The lowest BCUT2D eigenvalue weighted by atomic mass is 10.1. The molecule has 1 saturated carbocycles. The molecule has 6 heteroatoms. The minimum absolute atomic E-state index is 0.137. The lowest BCUT2D eigenvalue weighted by Gasteiger charge is -2.14. The molecule has 6 nitrogen and oxygen atoms in total. The average Bonchev–Trinajstić information content (AvgIpc) is 3.13. The molecule has 3 N–H and O–H groups in total. The molecule has 0 unspecified atom stereocenters. The van der Waals surface area contributed by atoms with Crippen LogP contribution in [0.25, 0.3) is 0 Å². The van der Waals surface area contributed by atoms with Crippen LogP contribution in [0.3, 0.4) is 0 Å². The number of rotatable bonds is 5. The van der Waals surface area contributed by atoms with Crippen LogP contribution in [0.1, 0.15) is 45.5 Å². The van der Waals surface area contributed by atoms with Crippen molar-refractivity contribution in [1.29, 1.82) is 0 Å². The van der Waals surface area contributed by atoms with Crippen LogP contribution >= 0.6 is 0 Å². The Kier molecular flexibility index (Phi) is 5.54. The highest BCUT2D eigenvalue weighted by Gasteiger charge is 2.30. The maximum Gasteiger partial charge on any atom is 0.306 e. The Balaban J connectivity index is 1.68. The van der Waals surface area contributed by atoms with E-state index in [-0.39, 0.29) is 17.9 Å². The number of carboxylic acids is 1. The zero-order valence-corrected chi connectivity index (χ0v) is 15.1. The van der Waals surface area contributed by atoms with Gasteiger partial charge in [0.25, 0.3) is 11.8 Å². The minimum Gasteiger partial charge on any atom is -0.481 e. The number of hydrogen-bond acceptors (Lipinski definition) is 3. The van der Waals surface area contributed by atoms with Crippen molar-refractivity contribution in [3.05, 3.63) is 65.2 Å². The van der Waals surface area contributed by atoms with Crippen molar-refractivity contribution < 1.29 is 19.5 Å². The fraction of sp³-hybridized carbons (Fsp3) is 0.286. The summed E-state index contributed by atoms with van der Waals surface area (Å²) in [5.74, 6) is -1.71. The van der Waals surface area contributed by atoms with Gasteiger partial charge in [0.15, 0.2) is 0 Å². The lowest BCUT2D eigenvalue weighted by molar-refractivity contribution is -0.141. The third-order valence-electron chi connectivity index (χ3n) is 4.90. The summed E-state index contributed by atoms with van der Waals surface area (Å²) >= 11 is 0. The topological polar surface area (TPSA) is 95.5 Å². The van der Waals surface area contributed by atoms with Gasteiger partial charge in [-0.15, -0.1) is 0 Å². The number of aryl methyl sites for hydroxylation is 1. The maximum atomic E-state index is 12.5. The van der Waals surface area contributed by atoms with Crippen LogP contribution in [0.5, 0.6) is 0 Å². The summed E-state index contributed by atoms with van der Waals surface area (Å²) in [7, 11) is 0. The SMILES string of the molecule is Cc1ccc(C(=O)N[C@@H]2CC[C@H](C(=O)O)C2)cc1NC(=O)c1ccccc1. The number of amides is 2. The van der Waals surface area contributed by atoms with Crippen LogP contribution < -0.4 is 10.6 Å². The van der Waals surface area contributed by atoms with Crippen LogP contribution in [-0.2, 0) is 4.79 Å². The van der Waals surface area contributed by atoms with E-state index in [0.29, 0.717) is 36.1 Å². The summed E-state index contributed by atoms with van der Waals surface area (Å²) in [5.41, 5.74) is 2.40. The van der Waals surface area contributed by atoms with Gasteiger partial charge in [0.05, 0.1) is 5.92 Å². The molecular formula is C21H22N2O4. The van der Waals surface area contributed by atoms with Crippen molar-refractivity contribution >= 4 is 23.5 Å². The molecule has 1 aliphatic rings. The number of carboxylic acid groups (broad SMARTS) is 1. The first-order chi connectivity index (χ1) is 12.9. The Bertz CT molecular complexity index is 864. The third kappa shape index (κ3) is 4.53. The molecule has 0 heterocycles. The Hall–Kier alpha value is -3.15. The van der Waals surface area contributed by atoms with Gasteiger partial charge >= 0.3 is 5.97 Å². The standard InChI is InChI=1S/C21H22N2O4/c1-13-7-8-15(20(25)22-17-10-9-16(11-17)21(26)27)12-18(13)23-19(24)14-5-3-2-4-6-14/h2-8,12,16-17H,9-11H2,1H3,(H,22,25)(H,23,24)(H,26,27)/t16-,17+/m0/s1. The lowest BCUT2D eigenvalue weighted by Crippen LogP contribution is -2.33. The molecule has 1 aliphatic carbocycles. The Morgan fingerprint density at radius 1 is 0.963 bits per heavy atom. The molecule has 0 aliphatic heterocycles. The van der Waals surface area contributed by atoms with Crippen LogP contribution in [0, 0.1) is 12.8 Å². The van der Waals surface area contributed by atoms with Gasteiger partial charge in [-0.05, 0) is 56.0 Å². The van der Waals surface area contributed by atoms with Crippen molar-refractivity contribution in [2.45, 2.75) is 32.2 Å². The van der Waals surface area contributed by atoms with E-state index in [9.17, 15) is 14.4 Å². The number of carbonyl (C=O) groups excluding carboxylic acids is 2. The number of benzene rings is 2. The zero-order valence-electron chi connectivity index (χ0n) is 15.1. The van der Waals surface area contributed by atoms with E-state index in [4.69, 9.17) is 5.11 Å². The quantitative estimate of drug-likeness (QED) is 0.757. The molecule has 0 bridgehead atoms. The molecule has 2 amide bonds. The fourth-order valence-electron chi connectivity index (χ4n) is 3.29. The van der Waals surface area contributed by atoms with E-state index < -0.39 is 11.9 Å². The van der Waals surface area contributed by atoms with Gasteiger partial charge in [-0.3, -0.25) is 14.4 Å². The molecule has 1 fully saturated rings. The second kappa shape index (κ2) is 8.03. The highest BCUT2D eigenvalue weighted by Crippen LogP contribution is 2.26. The van der Waals surface area contributed by atoms with Gasteiger partial charge < -0.3 is 15.7 Å². The number of hydrogen-bond donors (Lipinski definition) is 3. The van der Waals surface area contributed by atoms with Gasteiger partial charge in [0.2, 0.25) is 0 Å². The normalized spacial score (nSPS) is 18.7. The van der Waals surface area contributed by atoms with Crippen molar-refractivity contribution in [3.8, 4) is 0 Å². The molecular weight excluding hydrogens is 344 g/mol. The monoisotopic (exact) mass is 366 g/mol. The van der Waals surface area contributed by atoms with Crippen LogP contribution in [0.4, 0.5) is 5.69 Å². The van der Waals surface area contributed by atoms with Gasteiger partial charge in [-0.2, -0.15) is 0 Å². The van der Waals surface area contributed by atoms with E-state index >= 15 is 0 Å². The highest BCUT2D eigenvalue weighted by atomic mass is 16.4. The first-order valence-corrected chi connectivity index (χ1v) is 8.95. The molecule has 0 spiro atoms. The Morgan fingerprint density at radius 2 is 1.70 bits per heavy atom. The summed E-state index contributed by atoms with van der Waals surface area (Å²) in [6.45, 7) is 1.86. The zero-order chi connectivity index (χ0) is 19.4. The Labute approximate surface area is 157 Å². The van der Waals surface area contributed by atoms with E-state index in [1.165, 1.54) is 0 Å². The number of carbonyl (C=O) groups is 3. The van der Waals surface area contributed by atoms with Crippen LogP contribution in [0.15, 0.2) is 48.5 Å². The fourth-order valence-corrected chi connectivity index (χ4v) is 3.29. The van der Waals surface area contributed by atoms with Gasteiger partial charge in [-0.25, -0.2) is 0 Å². The second-order valence-electron chi connectivity index (χ2n) is 6.87. The summed E-state index contributed by atoms with van der Waals surface area (Å²) in [4.78, 5) is 35.9. The third-order valence-corrected chi connectivity index (χ3v) is 4.90. The first kappa shape index (κ1) is 18.6. The van der Waals surface area contributed by atoms with Gasteiger partial charge in [0.1, 0.15) is 0 Å². The Morgan fingerprint density at radius 3 is 2.37 bits per heavy atom. The van der Waals surface area contributed by atoms with Gasteiger partial charge in [0, 0.05) is 22.9 Å². The van der Waals surface area contributed by atoms with Crippen molar-refractivity contribution in [2.24, 2.45) is 5.92 Å². The molecule has 0 aromatic heterocycles. The predicted octanol–water partition coefficient (Wildman–Crippen LogP) is 3.23. The molecule has 27 heavy (non-hydrogen) atoms. The minimum atomic E-state index is -0.812. The molecule has 0 radical (unpaired) electrons. The number of aliphatic carboxylic acids is 1. The average molecular weight is 366 g/mol.